The fraction of sp³-hybridized carbons (Fsp3) is 0.438. The average Bonchev–Trinajstić information content (AvgIpc) is 2.68. The summed E-state index contributed by atoms with van der Waals surface area (Å²) >= 11 is 3.17. The van der Waals surface area contributed by atoms with Crippen molar-refractivity contribution in [2.75, 3.05) is 0 Å². The third-order valence-electron chi connectivity index (χ3n) is 4.48. The Hall–Kier alpha value is -1.54. The standard InChI is InChI=1S/C16H16BrF3N2O2/c17-12-8-5-4-6-10(12)14(23)22-15(24,16(18,19)20)11-7-2-1-3-9-13(11)21-22/h4-6,8-9,11,21,24H,1-3,7H2/t11-,15+/m1/s1. The molecule has 1 aliphatic heterocycles. The maximum absolute atomic E-state index is 13.8. The number of hydrogen-bond acceptors (Lipinski definition) is 3. The van der Waals surface area contributed by atoms with E-state index in [9.17, 15) is 23.1 Å². The molecule has 24 heavy (non-hydrogen) atoms. The lowest BCUT2D eigenvalue weighted by atomic mass is 9.89. The molecule has 0 bridgehead atoms. The van der Waals surface area contributed by atoms with Crippen LogP contribution in [0.5, 0.6) is 0 Å². The summed E-state index contributed by atoms with van der Waals surface area (Å²) in [5.74, 6) is -2.14. The van der Waals surface area contributed by atoms with Crippen molar-refractivity contribution >= 4 is 21.8 Å². The lowest BCUT2D eigenvalue weighted by Gasteiger charge is -2.37. The number of rotatable bonds is 1. The van der Waals surface area contributed by atoms with Crippen LogP contribution in [0.1, 0.15) is 36.0 Å². The molecule has 1 fully saturated rings. The van der Waals surface area contributed by atoms with Crippen LogP contribution in [0.2, 0.25) is 0 Å². The molecule has 0 saturated carbocycles. The number of hydrazine groups is 1. The number of allylic oxidation sites excluding steroid dienone is 1. The highest BCUT2D eigenvalue weighted by molar-refractivity contribution is 9.10. The van der Waals surface area contributed by atoms with Gasteiger partial charge in [-0.15, -0.1) is 0 Å². The topological polar surface area (TPSA) is 52.6 Å². The number of hydrogen-bond donors (Lipinski definition) is 2. The third-order valence-corrected chi connectivity index (χ3v) is 5.17. The molecule has 1 saturated heterocycles. The Bertz CT molecular complexity index is 692. The highest BCUT2D eigenvalue weighted by atomic mass is 79.9. The number of aliphatic hydroxyl groups is 1. The van der Waals surface area contributed by atoms with E-state index in [1.807, 2.05) is 0 Å². The first-order valence-electron chi connectivity index (χ1n) is 7.61. The smallest absolute Gasteiger partial charge is 0.362 e. The first-order valence-corrected chi connectivity index (χ1v) is 8.41. The summed E-state index contributed by atoms with van der Waals surface area (Å²) in [7, 11) is 0. The molecule has 0 aromatic heterocycles. The first-order chi connectivity index (χ1) is 11.3. The van der Waals surface area contributed by atoms with Gasteiger partial charge in [-0.2, -0.15) is 13.2 Å². The molecule has 1 amide bonds. The van der Waals surface area contributed by atoms with Crippen LogP contribution < -0.4 is 5.43 Å². The number of alkyl halides is 3. The van der Waals surface area contributed by atoms with Crippen molar-refractivity contribution in [1.29, 1.82) is 0 Å². The number of fused-ring (bicyclic) bond motifs is 1. The summed E-state index contributed by atoms with van der Waals surface area (Å²) in [6.45, 7) is 0. The van der Waals surface area contributed by atoms with Gasteiger partial charge in [0.25, 0.3) is 11.6 Å². The second-order valence-corrected chi connectivity index (χ2v) is 6.81. The number of carbonyl (C=O) groups is 1. The second-order valence-electron chi connectivity index (χ2n) is 5.95. The molecule has 0 radical (unpaired) electrons. The largest absolute Gasteiger partial charge is 0.439 e. The molecule has 2 N–H and O–H groups in total. The lowest BCUT2D eigenvalue weighted by molar-refractivity contribution is -0.314. The van der Waals surface area contributed by atoms with E-state index in [-0.39, 0.29) is 17.7 Å². The minimum atomic E-state index is -4.98. The number of nitrogens with zero attached hydrogens (tertiary/aromatic N) is 1. The number of halogens is 4. The SMILES string of the molecule is O=C(c1ccccc1Br)N1NC2=CCCCC[C@H]2[C@]1(O)C(F)(F)F. The Morgan fingerprint density at radius 1 is 1.33 bits per heavy atom. The van der Waals surface area contributed by atoms with Crippen LogP contribution in [-0.2, 0) is 0 Å². The second kappa shape index (κ2) is 6.07. The van der Waals surface area contributed by atoms with Gasteiger partial charge < -0.3 is 5.11 Å². The van der Waals surface area contributed by atoms with E-state index >= 15 is 0 Å². The van der Waals surface area contributed by atoms with E-state index in [0.717, 1.165) is 6.42 Å². The number of benzene rings is 1. The minimum absolute atomic E-state index is 0.0461. The molecule has 1 aromatic carbocycles. The van der Waals surface area contributed by atoms with Crippen molar-refractivity contribution in [2.24, 2.45) is 5.92 Å². The molecule has 1 heterocycles. The molecular formula is C16H16BrF3N2O2. The van der Waals surface area contributed by atoms with E-state index in [1.54, 1.807) is 24.3 Å². The fourth-order valence-electron chi connectivity index (χ4n) is 3.24. The summed E-state index contributed by atoms with van der Waals surface area (Å²) in [5.41, 5.74) is -0.456. The van der Waals surface area contributed by atoms with E-state index in [2.05, 4.69) is 21.4 Å². The number of amides is 1. The van der Waals surface area contributed by atoms with E-state index in [0.29, 0.717) is 22.3 Å². The summed E-state index contributed by atoms with van der Waals surface area (Å²) < 4.78 is 41.6. The maximum Gasteiger partial charge on any atom is 0.439 e. The Kier molecular flexibility index (Phi) is 4.37. The Morgan fingerprint density at radius 2 is 2.04 bits per heavy atom. The van der Waals surface area contributed by atoms with Crippen LogP contribution in [0.4, 0.5) is 13.2 Å². The van der Waals surface area contributed by atoms with Crippen molar-refractivity contribution in [1.82, 2.24) is 10.4 Å². The molecule has 0 spiro atoms. The molecule has 8 heteroatoms. The number of nitrogens with one attached hydrogen (secondary N) is 1. The average molecular weight is 405 g/mol. The molecule has 2 atom stereocenters. The van der Waals surface area contributed by atoms with E-state index in [4.69, 9.17) is 0 Å². The Balaban J connectivity index is 2.07. The molecule has 3 rings (SSSR count). The normalized spacial score (nSPS) is 27.1. The van der Waals surface area contributed by atoms with Crippen molar-refractivity contribution in [2.45, 2.75) is 37.6 Å². The minimum Gasteiger partial charge on any atom is -0.362 e. The van der Waals surface area contributed by atoms with Gasteiger partial charge in [-0.05, 0) is 47.3 Å². The summed E-state index contributed by atoms with van der Waals surface area (Å²) in [4.78, 5) is 12.7. The van der Waals surface area contributed by atoms with Crippen molar-refractivity contribution in [3.63, 3.8) is 0 Å². The summed E-state index contributed by atoms with van der Waals surface area (Å²) in [6, 6.07) is 6.18. The number of carbonyl (C=O) groups excluding carboxylic acids is 1. The Labute approximate surface area is 145 Å². The summed E-state index contributed by atoms with van der Waals surface area (Å²) in [5, 5.41) is 10.9. The van der Waals surface area contributed by atoms with Crippen LogP contribution >= 0.6 is 15.9 Å². The van der Waals surface area contributed by atoms with Gasteiger partial charge in [-0.3, -0.25) is 10.2 Å². The molecule has 1 aliphatic carbocycles. The third kappa shape index (κ3) is 2.61. The first kappa shape index (κ1) is 17.3. The van der Waals surface area contributed by atoms with Gasteiger partial charge in [0, 0.05) is 10.2 Å². The maximum atomic E-state index is 13.8. The van der Waals surface area contributed by atoms with Crippen LogP contribution in [0.15, 0.2) is 40.5 Å². The highest BCUT2D eigenvalue weighted by Crippen LogP contribution is 2.48. The van der Waals surface area contributed by atoms with E-state index in [1.165, 1.54) is 6.07 Å². The molecule has 4 nitrogen and oxygen atoms in total. The van der Waals surface area contributed by atoms with Gasteiger partial charge in [0.05, 0.1) is 11.5 Å². The predicted molar refractivity (Wildman–Crippen MR) is 84.5 cm³/mol. The molecule has 130 valence electrons. The van der Waals surface area contributed by atoms with Crippen LogP contribution in [-0.4, -0.2) is 27.9 Å². The van der Waals surface area contributed by atoms with Crippen molar-refractivity contribution in [3.05, 3.63) is 46.1 Å². The van der Waals surface area contributed by atoms with E-state index < -0.39 is 23.7 Å². The van der Waals surface area contributed by atoms with Crippen LogP contribution in [0.25, 0.3) is 0 Å². The van der Waals surface area contributed by atoms with Gasteiger partial charge in [0.2, 0.25) is 0 Å². The van der Waals surface area contributed by atoms with Gasteiger partial charge in [0.1, 0.15) is 0 Å². The van der Waals surface area contributed by atoms with Crippen LogP contribution in [0, 0.1) is 5.92 Å². The van der Waals surface area contributed by atoms with Gasteiger partial charge in [-0.1, -0.05) is 24.6 Å². The Morgan fingerprint density at radius 3 is 2.71 bits per heavy atom. The molecule has 2 aliphatic rings. The quantitative estimate of drug-likeness (QED) is 0.749. The zero-order chi connectivity index (χ0) is 17.5. The molecular weight excluding hydrogens is 389 g/mol. The molecule has 0 unspecified atom stereocenters. The zero-order valence-corrected chi connectivity index (χ0v) is 14.2. The fourth-order valence-corrected chi connectivity index (χ4v) is 3.70. The van der Waals surface area contributed by atoms with Crippen LogP contribution in [0.3, 0.4) is 0 Å². The van der Waals surface area contributed by atoms with Gasteiger partial charge >= 0.3 is 6.18 Å². The highest BCUT2D eigenvalue weighted by Gasteiger charge is 2.68. The lowest BCUT2D eigenvalue weighted by Crippen LogP contribution is -2.62. The van der Waals surface area contributed by atoms with Gasteiger partial charge in [0.15, 0.2) is 0 Å². The zero-order valence-electron chi connectivity index (χ0n) is 12.6. The van der Waals surface area contributed by atoms with Crippen molar-refractivity contribution in [3.8, 4) is 0 Å². The van der Waals surface area contributed by atoms with Gasteiger partial charge in [-0.25, -0.2) is 5.01 Å². The predicted octanol–water partition coefficient (Wildman–Crippen LogP) is 3.73. The summed E-state index contributed by atoms with van der Waals surface area (Å²) in [6.07, 6.45) is -1.25. The van der Waals surface area contributed by atoms with Crippen molar-refractivity contribution < 1.29 is 23.1 Å². The molecule has 1 aromatic rings. The monoisotopic (exact) mass is 404 g/mol.